The highest BCUT2D eigenvalue weighted by Crippen LogP contribution is 2.37. The fourth-order valence-corrected chi connectivity index (χ4v) is 2.78. The van der Waals surface area contributed by atoms with Crippen LogP contribution in [-0.2, 0) is 4.79 Å². The van der Waals surface area contributed by atoms with Gasteiger partial charge in [-0.05, 0) is 24.1 Å². The summed E-state index contributed by atoms with van der Waals surface area (Å²) in [5.41, 5.74) is 2.08. The number of carbonyl (C=O) groups excluding carboxylic acids is 1. The molecule has 1 aromatic carbocycles. The summed E-state index contributed by atoms with van der Waals surface area (Å²) < 4.78 is 0. The van der Waals surface area contributed by atoms with Crippen LogP contribution in [0.25, 0.3) is 6.08 Å². The monoisotopic (exact) mass is 204 g/mol. The van der Waals surface area contributed by atoms with Gasteiger partial charge in [-0.25, -0.2) is 0 Å². The van der Waals surface area contributed by atoms with Crippen molar-refractivity contribution in [1.82, 2.24) is 0 Å². The predicted molar refractivity (Wildman–Crippen MR) is 60.4 cm³/mol. The average molecular weight is 204 g/mol. The zero-order chi connectivity index (χ0) is 9.97. The molecule has 14 heavy (non-hydrogen) atoms. The Balaban J connectivity index is 2.44. The summed E-state index contributed by atoms with van der Waals surface area (Å²) in [5.74, 6) is 0. The molecule has 72 valence electrons. The van der Waals surface area contributed by atoms with E-state index in [4.69, 9.17) is 0 Å². The number of hydrogen-bond acceptors (Lipinski definition) is 2. The van der Waals surface area contributed by atoms with Crippen LogP contribution in [0.3, 0.4) is 0 Å². The number of fused-ring (bicyclic) bond motifs is 1. The maximum absolute atomic E-state index is 10.9. The Morgan fingerprint density at radius 1 is 1.43 bits per heavy atom. The van der Waals surface area contributed by atoms with Gasteiger partial charge in [0, 0.05) is 15.7 Å². The molecule has 1 aromatic rings. The molecule has 1 nitrogen and oxygen atoms in total. The molecule has 0 amide bonds. The molecule has 0 N–H and O–H groups in total. The zero-order valence-electron chi connectivity index (χ0n) is 8.07. The first-order valence-electron chi connectivity index (χ1n) is 4.77. The van der Waals surface area contributed by atoms with Crippen molar-refractivity contribution in [3.8, 4) is 0 Å². The Kier molecular flexibility index (Phi) is 2.73. The SMILES string of the molecule is CC[C@H]1Sc2ccccc2C=C1C=O. The van der Waals surface area contributed by atoms with Gasteiger partial charge in [0.05, 0.1) is 0 Å². The molecule has 0 bridgehead atoms. The summed E-state index contributed by atoms with van der Waals surface area (Å²) in [5, 5.41) is 0.336. The largest absolute Gasteiger partial charge is 0.298 e. The zero-order valence-corrected chi connectivity index (χ0v) is 8.88. The van der Waals surface area contributed by atoms with Crippen molar-refractivity contribution in [2.45, 2.75) is 23.5 Å². The van der Waals surface area contributed by atoms with Gasteiger partial charge >= 0.3 is 0 Å². The summed E-state index contributed by atoms with van der Waals surface area (Å²) in [7, 11) is 0. The van der Waals surface area contributed by atoms with E-state index in [0.29, 0.717) is 5.25 Å². The van der Waals surface area contributed by atoms with Gasteiger partial charge in [0.25, 0.3) is 0 Å². The molecule has 0 unspecified atom stereocenters. The van der Waals surface area contributed by atoms with Crippen LogP contribution in [0.15, 0.2) is 34.7 Å². The second-order valence-electron chi connectivity index (χ2n) is 3.31. The second-order valence-corrected chi connectivity index (χ2v) is 4.56. The molecule has 0 saturated carbocycles. The molecule has 2 rings (SSSR count). The minimum atomic E-state index is 0.336. The van der Waals surface area contributed by atoms with Gasteiger partial charge in [0.1, 0.15) is 6.29 Å². The summed E-state index contributed by atoms with van der Waals surface area (Å²) in [6.07, 6.45) is 3.99. The van der Waals surface area contributed by atoms with Gasteiger partial charge in [-0.3, -0.25) is 4.79 Å². The van der Waals surface area contributed by atoms with Crippen LogP contribution >= 0.6 is 11.8 Å². The van der Waals surface area contributed by atoms with E-state index in [2.05, 4.69) is 19.1 Å². The van der Waals surface area contributed by atoms with Gasteiger partial charge in [0.15, 0.2) is 0 Å². The summed E-state index contributed by atoms with van der Waals surface area (Å²) in [6, 6.07) is 8.21. The molecule has 0 aromatic heterocycles. The van der Waals surface area contributed by atoms with E-state index < -0.39 is 0 Å². The number of rotatable bonds is 2. The number of carbonyl (C=O) groups is 1. The van der Waals surface area contributed by atoms with Gasteiger partial charge in [-0.1, -0.05) is 25.1 Å². The molecule has 1 aliphatic heterocycles. The fraction of sp³-hybridized carbons (Fsp3) is 0.250. The van der Waals surface area contributed by atoms with Crippen molar-refractivity contribution < 1.29 is 4.79 Å². The molecule has 0 saturated heterocycles. The van der Waals surface area contributed by atoms with Crippen LogP contribution < -0.4 is 0 Å². The number of thioether (sulfide) groups is 1. The first kappa shape index (κ1) is 9.53. The predicted octanol–water partition coefficient (Wildman–Crippen LogP) is 3.15. The van der Waals surface area contributed by atoms with Crippen LogP contribution in [0.1, 0.15) is 18.9 Å². The van der Waals surface area contributed by atoms with E-state index in [1.807, 2.05) is 18.2 Å². The average Bonchev–Trinajstić information content (AvgIpc) is 2.27. The van der Waals surface area contributed by atoms with Crippen molar-refractivity contribution in [3.63, 3.8) is 0 Å². The van der Waals surface area contributed by atoms with Gasteiger partial charge < -0.3 is 0 Å². The fourth-order valence-electron chi connectivity index (χ4n) is 1.63. The van der Waals surface area contributed by atoms with E-state index in [1.165, 1.54) is 10.5 Å². The first-order chi connectivity index (χ1) is 6.85. The lowest BCUT2D eigenvalue weighted by molar-refractivity contribution is -0.104. The first-order valence-corrected chi connectivity index (χ1v) is 5.65. The Hall–Kier alpha value is -1.02. The van der Waals surface area contributed by atoms with Crippen LogP contribution in [0.4, 0.5) is 0 Å². The second kappa shape index (κ2) is 4.01. The molecule has 1 aliphatic rings. The van der Waals surface area contributed by atoms with Crippen molar-refractivity contribution in [2.75, 3.05) is 0 Å². The van der Waals surface area contributed by atoms with Crippen molar-refractivity contribution in [1.29, 1.82) is 0 Å². The molecule has 0 aliphatic carbocycles. The number of benzene rings is 1. The molecule has 1 atom stereocenters. The maximum Gasteiger partial charge on any atom is 0.147 e. The molecule has 0 radical (unpaired) electrons. The Morgan fingerprint density at radius 2 is 2.21 bits per heavy atom. The van der Waals surface area contributed by atoms with Crippen molar-refractivity contribution in [2.24, 2.45) is 0 Å². The maximum atomic E-state index is 10.9. The summed E-state index contributed by atoms with van der Waals surface area (Å²) in [6.45, 7) is 2.11. The van der Waals surface area contributed by atoms with Crippen molar-refractivity contribution in [3.05, 3.63) is 35.4 Å². The molecule has 0 spiro atoms. The number of aldehydes is 1. The lowest BCUT2D eigenvalue weighted by Crippen LogP contribution is -2.10. The third-order valence-corrected chi connectivity index (χ3v) is 3.90. The smallest absolute Gasteiger partial charge is 0.147 e. The lowest BCUT2D eigenvalue weighted by Gasteiger charge is -2.21. The minimum absolute atomic E-state index is 0.336. The third kappa shape index (κ3) is 1.62. The Bertz CT molecular complexity index is 382. The highest BCUT2D eigenvalue weighted by Gasteiger charge is 2.19. The normalized spacial score (nSPS) is 19.8. The topological polar surface area (TPSA) is 17.1 Å². The summed E-state index contributed by atoms with van der Waals surface area (Å²) in [4.78, 5) is 12.1. The highest BCUT2D eigenvalue weighted by molar-refractivity contribution is 8.00. The van der Waals surface area contributed by atoms with E-state index in [0.717, 1.165) is 18.3 Å². The van der Waals surface area contributed by atoms with Crippen molar-refractivity contribution >= 4 is 24.1 Å². The molecule has 0 fully saturated rings. The molecular weight excluding hydrogens is 192 g/mol. The van der Waals surface area contributed by atoms with Crippen LogP contribution in [0, 0.1) is 0 Å². The Morgan fingerprint density at radius 3 is 2.93 bits per heavy atom. The van der Waals surface area contributed by atoms with Gasteiger partial charge in [0.2, 0.25) is 0 Å². The molecule has 2 heteroatoms. The van der Waals surface area contributed by atoms with E-state index in [-0.39, 0.29) is 0 Å². The lowest BCUT2D eigenvalue weighted by atomic mass is 10.1. The van der Waals surface area contributed by atoms with Crippen LogP contribution in [0.2, 0.25) is 0 Å². The Labute approximate surface area is 88.2 Å². The van der Waals surface area contributed by atoms with E-state index in [1.54, 1.807) is 11.8 Å². The molecular formula is C12H12OS. The van der Waals surface area contributed by atoms with Gasteiger partial charge in [-0.2, -0.15) is 0 Å². The standard InChI is InChI=1S/C12H12OS/c1-2-11-10(8-13)7-9-5-3-4-6-12(9)14-11/h3-8,11H,2H2,1H3/t11-/m1/s1. The van der Waals surface area contributed by atoms with E-state index in [9.17, 15) is 4.79 Å². The number of hydrogen-bond donors (Lipinski definition) is 0. The van der Waals surface area contributed by atoms with Gasteiger partial charge in [-0.15, -0.1) is 11.8 Å². The quantitative estimate of drug-likeness (QED) is 0.688. The minimum Gasteiger partial charge on any atom is -0.298 e. The third-order valence-electron chi connectivity index (χ3n) is 2.39. The van der Waals surface area contributed by atoms with Crippen LogP contribution in [0.5, 0.6) is 0 Å². The summed E-state index contributed by atoms with van der Waals surface area (Å²) >= 11 is 1.79. The molecule has 1 heterocycles. The van der Waals surface area contributed by atoms with E-state index >= 15 is 0 Å². The highest BCUT2D eigenvalue weighted by atomic mass is 32.2. The van der Waals surface area contributed by atoms with Crippen LogP contribution in [-0.4, -0.2) is 11.5 Å².